The second-order valence-corrected chi connectivity index (χ2v) is 4.60. The number of nitro groups is 1. The van der Waals surface area contributed by atoms with Gasteiger partial charge in [0.05, 0.1) is 23.8 Å². The smallest absolute Gasteiger partial charge is 0.314 e. The fourth-order valence-corrected chi connectivity index (χ4v) is 1.85. The van der Waals surface area contributed by atoms with E-state index in [1.165, 1.54) is 43.5 Å². The summed E-state index contributed by atoms with van der Waals surface area (Å²) in [7, 11) is 1.28. The van der Waals surface area contributed by atoms with Crippen LogP contribution in [0.1, 0.15) is 0 Å². The Morgan fingerprint density at radius 2 is 1.83 bits per heavy atom. The minimum atomic E-state index is -0.995. The Morgan fingerprint density at radius 3 is 2.46 bits per heavy atom. The molecule has 2 aromatic carbocycles. The van der Waals surface area contributed by atoms with Gasteiger partial charge in [0.25, 0.3) is 5.69 Å². The van der Waals surface area contributed by atoms with Gasteiger partial charge in [0.1, 0.15) is 11.5 Å². The van der Waals surface area contributed by atoms with Gasteiger partial charge in [-0.3, -0.25) is 19.7 Å². The Hall–Kier alpha value is -3.62. The third-order valence-corrected chi connectivity index (χ3v) is 2.95. The molecule has 3 N–H and O–H groups in total. The lowest BCUT2D eigenvalue weighted by atomic mass is 10.2. The minimum Gasteiger partial charge on any atom is -0.508 e. The number of hydrogen-bond acceptors (Lipinski definition) is 6. The van der Waals surface area contributed by atoms with E-state index in [2.05, 4.69) is 10.6 Å². The molecule has 9 nitrogen and oxygen atoms in total. The van der Waals surface area contributed by atoms with Crippen molar-refractivity contribution in [2.75, 3.05) is 17.7 Å². The Morgan fingerprint density at radius 1 is 1.12 bits per heavy atom. The van der Waals surface area contributed by atoms with E-state index in [4.69, 9.17) is 4.74 Å². The van der Waals surface area contributed by atoms with Gasteiger partial charge >= 0.3 is 11.8 Å². The third kappa shape index (κ3) is 3.97. The maximum Gasteiger partial charge on any atom is 0.314 e. The van der Waals surface area contributed by atoms with E-state index in [9.17, 15) is 24.8 Å². The first-order valence-corrected chi connectivity index (χ1v) is 6.64. The average Bonchev–Trinajstić information content (AvgIpc) is 2.54. The minimum absolute atomic E-state index is 0.0442. The molecular weight excluding hydrogens is 318 g/mol. The lowest BCUT2D eigenvalue weighted by Gasteiger charge is -2.10. The number of aromatic hydroxyl groups is 1. The number of hydrogen-bond donors (Lipinski definition) is 3. The zero-order chi connectivity index (χ0) is 17.7. The molecule has 0 unspecified atom stereocenters. The van der Waals surface area contributed by atoms with Crippen molar-refractivity contribution >= 4 is 28.9 Å². The molecule has 9 heteroatoms. The third-order valence-electron chi connectivity index (χ3n) is 2.95. The maximum atomic E-state index is 11.9. The number of phenols is 1. The van der Waals surface area contributed by atoms with E-state index >= 15 is 0 Å². The first kappa shape index (κ1) is 16.7. The number of benzene rings is 2. The predicted octanol–water partition coefficient (Wildman–Crippen LogP) is 1.89. The lowest BCUT2D eigenvalue weighted by Crippen LogP contribution is -2.29. The van der Waals surface area contributed by atoms with Crippen LogP contribution in [0.15, 0.2) is 42.5 Å². The highest BCUT2D eigenvalue weighted by atomic mass is 16.6. The molecule has 0 radical (unpaired) electrons. The fraction of sp³-hybridized carbons (Fsp3) is 0.0667. The van der Waals surface area contributed by atoms with Crippen LogP contribution in [0.2, 0.25) is 0 Å². The van der Waals surface area contributed by atoms with E-state index in [-0.39, 0.29) is 28.6 Å². The molecule has 2 amide bonds. The number of ether oxygens (including phenoxy) is 1. The van der Waals surface area contributed by atoms with E-state index in [1.54, 1.807) is 0 Å². The van der Waals surface area contributed by atoms with Crippen LogP contribution in [0.3, 0.4) is 0 Å². The second kappa shape index (κ2) is 7.09. The van der Waals surface area contributed by atoms with Gasteiger partial charge in [0, 0.05) is 17.8 Å². The fourth-order valence-electron chi connectivity index (χ4n) is 1.85. The van der Waals surface area contributed by atoms with Crippen LogP contribution in [0, 0.1) is 10.1 Å². The van der Waals surface area contributed by atoms with Crippen LogP contribution < -0.4 is 15.4 Å². The van der Waals surface area contributed by atoms with Gasteiger partial charge < -0.3 is 20.5 Å². The van der Waals surface area contributed by atoms with Crippen LogP contribution in [0.25, 0.3) is 0 Å². The summed E-state index contributed by atoms with van der Waals surface area (Å²) in [6.45, 7) is 0. The molecular formula is C15H13N3O6. The number of rotatable bonds is 4. The summed E-state index contributed by atoms with van der Waals surface area (Å²) < 4.78 is 4.97. The van der Waals surface area contributed by atoms with Crippen LogP contribution in [0.5, 0.6) is 11.5 Å². The summed E-state index contributed by atoms with van der Waals surface area (Å²) in [6.07, 6.45) is 0. The molecule has 0 aliphatic rings. The molecule has 0 spiro atoms. The largest absolute Gasteiger partial charge is 0.508 e. The van der Waals surface area contributed by atoms with Crippen LogP contribution in [-0.2, 0) is 9.59 Å². The van der Waals surface area contributed by atoms with Crippen LogP contribution >= 0.6 is 0 Å². The number of nitro benzene ring substituents is 1. The first-order valence-electron chi connectivity index (χ1n) is 6.64. The number of carbonyl (C=O) groups is 2. The van der Waals surface area contributed by atoms with Gasteiger partial charge in [-0.1, -0.05) is 6.07 Å². The van der Waals surface area contributed by atoms with Crippen LogP contribution in [0.4, 0.5) is 17.1 Å². The Bertz CT molecular complexity index is 806. The van der Waals surface area contributed by atoms with Gasteiger partial charge in [0.15, 0.2) is 0 Å². The molecule has 0 atom stereocenters. The molecule has 0 heterocycles. The second-order valence-electron chi connectivity index (χ2n) is 4.60. The van der Waals surface area contributed by atoms with Gasteiger partial charge in [-0.2, -0.15) is 0 Å². The van der Waals surface area contributed by atoms with Crippen molar-refractivity contribution in [3.8, 4) is 11.5 Å². The zero-order valence-electron chi connectivity index (χ0n) is 12.5. The molecule has 0 saturated carbocycles. The summed E-state index contributed by atoms with van der Waals surface area (Å²) in [5.74, 6) is -1.99. The van der Waals surface area contributed by atoms with E-state index < -0.39 is 16.7 Å². The molecule has 0 saturated heterocycles. The molecule has 0 bridgehead atoms. The average molecular weight is 331 g/mol. The molecule has 0 aliphatic carbocycles. The van der Waals surface area contributed by atoms with Crippen molar-refractivity contribution in [3.05, 3.63) is 52.6 Å². The van der Waals surface area contributed by atoms with Crippen molar-refractivity contribution in [3.63, 3.8) is 0 Å². The van der Waals surface area contributed by atoms with Crippen molar-refractivity contribution in [1.29, 1.82) is 0 Å². The van der Waals surface area contributed by atoms with Gasteiger partial charge in [0.2, 0.25) is 0 Å². The van der Waals surface area contributed by atoms with E-state index in [0.717, 1.165) is 6.07 Å². The number of non-ortho nitro benzene ring substituents is 1. The number of anilines is 2. The highest BCUT2D eigenvalue weighted by molar-refractivity contribution is 6.43. The number of phenolic OH excluding ortho intramolecular Hbond substituents is 1. The van der Waals surface area contributed by atoms with Crippen molar-refractivity contribution < 1.29 is 24.4 Å². The molecule has 24 heavy (non-hydrogen) atoms. The van der Waals surface area contributed by atoms with Gasteiger partial charge in [-0.05, 0) is 18.2 Å². The quantitative estimate of drug-likeness (QED) is 0.445. The number of carbonyl (C=O) groups excluding carboxylic acids is 2. The molecule has 2 aromatic rings. The first-order chi connectivity index (χ1) is 11.4. The molecule has 2 rings (SSSR count). The van der Waals surface area contributed by atoms with Crippen molar-refractivity contribution in [2.45, 2.75) is 0 Å². The summed E-state index contributed by atoms with van der Waals surface area (Å²) in [5, 5.41) is 24.6. The predicted molar refractivity (Wildman–Crippen MR) is 85.0 cm³/mol. The molecule has 124 valence electrons. The molecule has 0 fully saturated rings. The van der Waals surface area contributed by atoms with Crippen molar-refractivity contribution in [1.82, 2.24) is 0 Å². The molecule has 0 aromatic heterocycles. The maximum absolute atomic E-state index is 11.9. The number of nitrogens with one attached hydrogen (secondary N) is 2. The van der Waals surface area contributed by atoms with Gasteiger partial charge in [-0.25, -0.2) is 0 Å². The SMILES string of the molecule is COc1cc([N+](=O)[O-])ccc1NC(=O)C(=O)Nc1cccc(O)c1. The highest BCUT2D eigenvalue weighted by Gasteiger charge is 2.18. The Balaban J connectivity index is 2.11. The summed E-state index contributed by atoms with van der Waals surface area (Å²) in [5.41, 5.74) is 0.138. The Kier molecular flexibility index (Phi) is 4.95. The van der Waals surface area contributed by atoms with E-state index in [1.807, 2.05) is 0 Å². The van der Waals surface area contributed by atoms with Crippen LogP contribution in [-0.4, -0.2) is 29.0 Å². The topological polar surface area (TPSA) is 131 Å². The van der Waals surface area contributed by atoms with Crippen molar-refractivity contribution in [2.24, 2.45) is 0 Å². The number of nitrogens with zero attached hydrogens (tertiary/aromatic N) is 1. The highest BCUT2D eigenvalue weighted by Crippen LogP contribution is 2.29. The number of amides is 2. The summed E-state index contributed by atoms with van der Waals surface area (Å²) >= 11 is 0. The zero-order valence-corrected chi connectivity index (χ0v) is 12.5. The lowest BCUT2D eigenvalue weighted by molar-refractivity contribution is -0.384. The number of methoxy groups -OCH3 is 1. The Labute approximate surface area is 136 Å². The summed E-state index contributed by atoms with van der Waals surface area (Å²) in [6, 6.07) is 9.25. The monoisotopic (exact) mass is 331 g/mol. The normalized spacial score (nSPS) is 9.88. The van der Waals surface area contributed by atoms with Gasteiger partial charge in [-0.15, -0.1) is 0 Å². The summed E-state index contributed by atoms with van der Waals surface area (Å²) in [4.78, 5) is 33.9. The van der Waals surface area contributed by atoms with E-state index in [0.29, 0.717) is 0 Å². The molecule has 0 aliphatic heterocycles. The standard InChI is InChI=1S/C15H13N3O6/c1-24-13-8-10(18(22)23)5-6-12(13)17-15(21)14(20)16-9-3-2-4-11(19)7-9/h2-8,19H,1H3,(H,16,20)(H,17,21).